The van der Waals surface area contributed by atoms with E-state index in [4.69, 9.17) is 0 Å². The van der Waals surface area contributed by atoms with Crippen LogP contribution in [0.15, 0.2) is 42.5 Å². The highest BCUT2D eigenvalue weighted by atomic mass is 79.9. The second-order valence-electron chi connectivity index (χ2n) is 4.45. The fraction of sp³-hybridized carbons (Fsp3) is 0.133. The Bertz CT molecular complexity index is 703. The van der Waals surface area contributed by atoms with E-state index >= 15 is 0 Å². The van der Waals surface area contributed by atoms with E-state index in [-0.39, 0.29) is 4.83 Å². The number of para-hydroxylation sites is 1. The summed E-state index contributed by atoms with van der Waals surface area (Å²) in [5.74, 6) is -1.12. The molecule has 0 radical (unpaired) electrons. The summed E-state index contributed by atoms with van der Waals surface area (Å²) in [6.45, 7) is 0. The molecule has 0 amide bonds. The van der Waals surface area contributed by atoms with E-state index in [0.29, 0.717) is 12.0 Å². The summed E-state index contributed by atoms with van der Waals surface area (Å²) >= 11 is 5.08. The summed E-state index contributed by atoms with van der Waals surface area (Å²) in [6.07, 6.45) is 0.599. The molecular weight excluding hydrogens is 344 g/mol. The molecule has 1 atom stereocenters. The molecule has 1 aromatic heterocycles. The molecule has 102 valence electrons. The molecule has 0 spiro atoms. The number of alkyl halides is 1. The van der Waals surface area contributed by atoms with Crippen molar-refractivity contribution in [3.05, 3.63) is 64.7 Å². The van der Waals surface area contributed by atoms with Crippen LogP contribution in [0.3, 0.4) is 0 Å². The van der Waals surface area contributed by atoms with Crippen molar-refractivity contribution in [1.29, 1.82) is 0 Å². The van der Waals surface area contributed by atoms with Crippen LogP contribution in [0.5, 0.6) is 0 Å². The molecule has 0 fully saturated rings. The number of rotatable bonds is 3. The molecule has 3 rings (SSSR count). The number of benzene rings is 2. The van der Waals surface area contributed by atoms with Gasteiger partial charge in [-0.1, -0.05) is 28.1 Å². The number of hydrogen-bond acceptors (Lipinski definition) is 2. The van der Waals surface area contributed by atoms with Crippen LogP contribution >= 0.6 is 27.3 Å². The Kier molecular flexibility index (Phi) is 3.81. The molecule has 0 aliphatic rings. The first kappa shape index (κ1) is 13.6. The van der Waals surface area contributed by atoms with E-state index in [2.05, 4.69) is 20.9 Å². The van der Waals surface area contributed by atoms with Crippen LogP contribution in [-0.2, 0) is 6.42 Å². The summed E-state index contributed by atoms with van der Waals surface area (Å²) in [5, 5.41) is 0.942. The van der Waals surface area contributed by atoms with Crippen molar-refractivity contribution >= 4 is 37.5 Å². The number of hydrogen-bond donors (Lipinski definition) is 0. The lowest BCUT2D eigenvalue weighted by molar-refractivity contribution is 0.579. The molecule has 2 aromatic carbocycles. The minimum Gasteiger partial charge on any atom is -0.241 e. The van der Waals surface area contributed by atoms with E-state index in [1.807, 2.05) is 24.3 Å². The first-order valence-electron chi connectivity index (χ1n) is 6.06. The average Bonchev–Trinajstić information content (AvgIpc) is 2.79. The van der Waals surface area contributed by atoms with Crippen LogP contribution in [0.4, 0.5) is 8.78 Å². The maximum Gasteiger partial charge on any atom is 0.126 e. The lowest BCUT2D eigenvalue weighted by atomic mass is 10.1. The molecule has 0 N–H and O–H groups in total. The zero-order valence-corrected chi connectivity index (χ0v) is 12.7. The minimum absolute atomic E-state index is 0.159. The monoisotopic (exact) mass is 353 g/mol. The van der Waals surface area contributed by atoms with Gasteiger partial charge >= 0.3 is 0 Å². The average molecular weight is 354 g/mol. The summed E-state index contributed by atoms with van der Waals surface area (Å²) in [5.41, 5.74) is 1.54. The van der Waals surface area contributed by atoms with Gasteiger partial charge in [0.15, 0.2) is 0 Å². The Hall–Kier alpha value is -1.33. The number of fused-ring (bicyclic) bond motifs is 1. The SMILES string of the molecule is Fc1cc(F)cc(C(Br)Cc2nc3ccccc3s2)c1. The van der Waals surface area contributed by atoms with Crippen molar-refractivity contribution in [3.63, 3.8) is 0 Å². The fourth-order valence-corrected chi connectivity index (χ4v) is 3.83. The van der Waals surface area contributed by atoms with Crippen molar-refractivity contribution < 1.29 is 8.78 Å². The fourth-order valence-electron chi connectivity index (χ4n) is 2.03. The number of halogens is 3. The van der Waals surface area contributed by atoms with E-state index in [1.165, 1.54) is 12.1 Å². The van der Waals surface area contributed by atoms with Crippen molar-refractivity contribution in [1.82, 2.24) is 4.98 Å². The van der Waals surface area contributed by atoms with Crippen molar-refractivity contribution in [2.45, 2.75) is 11.2 Å². The number of nitrogens with zero attached hydrogens (tertiary/aromatic N) is 1. The molecule has 1 heterocycles. The Labute approximate surface area is 127 Å². The molecule has 0 saturated heterocycles. The zero-order chi connectivity index (χ0) is 14.1. The zero-order valence-electron chi connectivity index (χ0n) is 10.3. The van der Waals surface area contributed by atoms with Gasteiger partial charge in [0, 0.05) is 17.3 Å². The summed E-state index contributed by atoms with van der Waals surface area (Å²) in [4.78, 5) is 4.37. The predicted octanol–water partition coefficient (Wildman–Crippen LogP) is 5.25. The largest absolute Gasteiger partial charge is 0.241 e. The first-order chi connectivity index (χ1) is 9.61. The van der Waals surface area contributed by atoms with Crippen LogP contribution in [0.25, 0.3) is 10.2 Å². The van der Waals surface area contributed by atoms with E-state index in [1.54, 1.807) is 11.3 Å². The summed E-state index contributed by atoms with van der Waals surface area (Å²) < 4.78 is 27.6. The highest BCUT2D eigenvalue weighted by molar-refractivity contribution is 9.09. The van der Waals surface area contributed by atoms with Gasteiger partial charge in [0.1, 0.15) is 11.6 Å². The van der Waals surface area contributed by atoms with Gasteiger partial charge in [-0.3, -0.25) is 0 Å². The normalized spacial score (nSPS) is 12.8. The van der Waals surface area contributed by atoms with E-state index in [9.17, 15) is 8.78 Å². The maximum absolute atomic E-state index is 13.2. The van der Waals surface area contributed by atoms with E-state index < -0.39 is 11.6 Å². The third-order valence-electron chi connectivity index (χ3n) is 2.94. The molecule has 0 saturated carbocycles. The highest BCUT2D eigenvalue weighted by Gasteiger charge is 2.14. The Morgan fingerprint density at radius 1 is 1.10 bits per heavy atom. The second-order valence-corrected chi connectivity index (χ2v) is 6.67. The summed E-state index contributed by atoms with van der Waals surface area (Å²) in [6, 6.07) is 11.5. The van der Waals surface area contributed by atoms with Gasteiger partial charge in [-0.15, -0.1) is 11.3 Å². The molecule has 1 unspecified atom stereocenters. The quantitative estimate of drug-likeness (QED) is 0.585. The minimum atomic E-state index is -0.561. The smallest absolute Gasteiger partial charge is 0.126 e. The molecule has 5 heteroatoms. The third-order valence-corrected chi connectivity index (χ3v) is 4.85. The first-order valence-corrected chi connectivity index (χ1v) is 7.79. The van der Waals surface area contributed by atoms with Crippen molar-refractivity contribution in [2.75, 3.05) is 0 Å². The summed E-state index contributed by atoms with van der Waals surface area (Å²) in [7, 11) is 0. The lowest BCUT2D eigenvalue weighted by Crippen LogP contribution is -1.97. The standard InChI is InChI=1S/C15H10BrF2NS/c16-12(9-5-10(17)7-11(18)6-9)8-15-19-13-3-1-2-4-14(13)20-15/h1-7,12H,8H2. The van der Waals surface area contributed by atoms with Crippen LogP contribution in [0.1, 0.15) is 15.4 Å². The van der Waals surface area contributed by atoms with Gasteiger partial charge in [0.25, 0.3) is 0 Å². The van der Waals surface area contributed by atoms with Crippen LogP contribution < -0.4 is 0 Å². The Balaban J connectivity index is 1.86. The van der Waals surface area contributed by atoms with Gasteiger partial charge in [-0.05, 0) is 29.8 Å². The molecule has 0 aliphatic carbocycles. The molecular formula is C15H10BrF2NS. The Morgan fingerprint density at radius 3 is 2.50 bits per heavy atom. The van der Waals surface area contributed by atoms with Crippen LogP contribution in [0.2, 0.25) is 0 Å². The highest BCUT2D eigenvalue weighted by Crippen LogP contribution is 2.31. The lowest BCUT2D eigenvalue weighted by Gasteiger charge is -2.08. The molecule has 0 bridgehead atoms. The molecule has 3 aromatic rings. The maximum atomic E-state index is 13.2. The number of thiazole rings is 1. The van der Waals surface area contributed by atoms with Crippen molar-refractivity contribution in [2.24, 2.45) is 0 Å². The molecule has 1 nitrogen and oxygen atoms in total. The van der Waals surface area contributed by atoms with Gasteiger partial charge in [0.2, 0.25) is 0 Å². The van der Waals surface area contributed by atoms with Crippen molar-refractivity contribution in [3.8, 4) is 0 Å². The van der Waals surface area contributed by atoms with Crippen LogP contribution in [0, 0.1) is 11.6 Å². The predicted molar refractivity (Wildman–Crippen MR) is 81.4 cm³/mol. The van der Waals surface area contributed by atoms with Gasteiger partial charge in [-0.2, -0.15) is 0 Å². The number of aromatic nitrogens is 1. The molecule has 0 aliphatic heterocycles. The molecule has 20 heavy (non-hydrogen) atoms. The second kappa shape index (κ2) is 5.58. The van der Waals surface area contributed by atoms with E-state index in [0.717, 1.165) is 21.3 Å². The Morgan fingerprint density at radius 2 is 1.80 bits per heavy atom. The van der Waals surface area contributed by atoms with Gasteiger partial charge in [0.05, 0.1) is 15.2 Å². The topological polar surface area (TPSA) is 12.9 Å². The third kappa shape index (κ3) is 2.88. The van der Waals surface area contributed by atoms with Gasteiger partial charge < -0.3 is 0 Å². The van der Waals surface area contributed by atoms with Crippen LogP contribution in [-0.4, -0.2) is 4.98 Å². The van der Waals surface area contributed by atoms with Gasteiger partial charge in [-0.25, -0.2) is 13.8 Å².